The van der Waals surface area contributed by atoms with Crippen molar-refractivity contribution < 1.29 is 53.1 Å². The molecule has 62 heavy (non-hydrogen) atoms. The van der Waals surface area contributed by atoms with Crippen LogP contribution in [0.1, 0.15) is 123 Å². The number of Topliss-reactive ketones (excluding diaryl/α,β-unsaturated/α-hetero) is 1. The number of ketones is 1. The van der Waals surface area contributed by atoms with Crippen molar-refractivity contribution in [1.82, 2.24) is 10.2 Å². The van der Waals surface area contributed by atoms with Crippen molar-refractivity contribution in [2.24, 2.45) is 63.1 Å². The summed E-state index contributed by atoms with van der Waals surface area (Å²) in [6.07, 6.45) is 10.1. The Morgan fingerprint density at radius 3 is 2.56 bits per heavy atom. The van der Waals surface area contributed by atoms with Crippen LogP contribution in [0.3, 0.4) is 0 Å². The number of nitrogens with one attached hydrogen (secondary N) is 1. The Hall–Kier alpha value is -2.81. The van der Waals surface area contributed by atoms with Crippen molar-refractivity contribution in [1.29, 1.82) is 0 Å². The summed E-state index contributed by atoms with van der Waals surface area (Å²) in [7, 11) is 0. The molecule has 4 aliphatic carbocycles. The number of furan rings is 1. The predicted molar refractivity (Wildman–Crippen MR) is 222 cm³/mol. The standard InChI is InChI=1S/C49H68N2O11/c1-26(2)10-17-45(4)37-36(54)38(55)46(5)35(48(37)24-59-43(57)47(42(48)62-45)14-6-7-15-47)11-16-44(3)39(60-41(56)40-49(44,46)61-40)30-13-19-58-34(30)21-31(33(53)23-52)27-8-9-29-28(20-27)12-18-51-25-50-22-32(29)51/h12-13,18-19,26-29,31-33,35,37-40,42,50,52-53,55H,6-11,14-17,20-25H2,1-5H3/t27-,28+,29-,31-,32-,33+,35-,37+,38+,39-,40+,42-,44-,45-,46-,48+,49+/m0/s1. The molecule has 0 aromatic carbocycles. The summed E-state index contributed by atoms with van der Waals surface area (Å²) in [5.74, 6) is -0.440. The van der Waals surface area contributed by atoms with E-state index in [0.717, 1.165) is 51.7 Å². The highest BCUT2D eigenvalue weighted by Gasteiger charge is 2.92. The number of carbonyl (C=O) groups excluding carboxylic acids is 3. The number of rotatable bonds is 9. The van der Waals surface area contributed by atoms with Crippen LogP contribution in [0.2, 0.25) is 0 Å². The summed E-state index contributed by atoms with van der Waals surface area (Å²) in [5, 5.41) is 38.3. The normalized spacial score (nSPS) is 48.0. The first kappa shape index (κ1) is 41.9. The fourth-order valence-corrected chi connectivity index (χ4v) is 16.8. The van der Waals surface area contributed by atoms with Gasteiger partial charge in [0.05, 0.1) is 48.7 Å². The molecule has 11 rings (SSSR count). The average molecular weight is 861 g/mol. The second kappa shape index (κ2) is 14.1. The maximum absolute atomic E-state index is 15.4. The lowest BCUT2D eigenvalue weighted by atomic mass is 9.35. The molecule has 6 aliphatic heterocycles. The largest absolute Gasteiger partial charge is 0.469 e. The molecule has 3 spiro atoms. The van der Waals surface area contributed by atoms with Crippen LogP contribution in [0.25, 0.3) is 0 Å². The number of allylic oxidation sites excluding steroid dienone is 1. The highest BCUT2D eigenvalue weighted by Crippen LogP contribution is 2.81. The van der Waals surface area contributed by atoms with E-state index >= 15 is 4.79 Å². The summed E-state index contributed by atoms with van der Waals surface area (Å²) < 4.78 is 33.2. The van der Waals surface area contributed by atoms with Gasteiger partial charge in [-0.25, -0.2) is 4.79 Å². The Kier molecular flexibility index (Phi) is 9.52. The first-order chi connectivity index (χ1) is 29.6. The van der Waals surface area contributed by atoms with E-state index in [0.29, 0.717) is 73.6 Å². The second-order valence-corrected chi connectivity index (χ2v) is 22.7. The zero-order valence-corrected chi connectivity index (χ0v) is 37.2. The molecule has 1 aromatic rings. The van der Waals surface area contributed by atoms with Gasteiger partial charge in [-0.1, -0.05) is 46.6 Å². The highest BCUT2D eigenvalue weighted by atomic mass is 16.7. The maximum Gasteiger partial charge on any atom is 0.339 e. The molecule has 10 aliphatic rings. The number of hydrogen-bond acceptors (Lipinski definition) is 13. The first-order valence-electron chi connectivity index (χ1n) is 24.1. The Labute approximate surface area is 365 Å². The van der Waals surface area contributed by atoms with Crippen molar-refractivity contribution in [2.75, 3.05) is 26.4 Å². The number of ether oxygens (including phenoxy) is 4. The number of aliphatic hydroxyl groups is 3. The van der Waals surface area contributed by atoms with E-state index in [1.807, 2.05) is 19.9 Å². The van der Waals surface area contributed by atoms with Gasteiger partial charge >= 0.3 is 11.9 Å². The van der Waals surface area contributed by atoms with E-state index in [1.54, 1.807) is 6.26 Å². The van der Waals surface area contributed by atoms with Crippen molar-refractivity contribution in [3.8, 4) is 0 Å². The molecular formula is C49H68N2O11. The summed E-state index contributed by atoms with van der Waals surface area (Å²) in [6.45, 7) is 11.9. The van der Waals surface area contributed by atoms with Gasteiger partial charge in [0, 0.05) is 40.8 Å². The monoisotopic (exact) mass is 860 g/mol. The van der Waals surface area contributed by atoms with E-state index in [-0.39, 0.29) is 42.7 Å². The zero-order chi connectivity index (χ0) is 43.4. The number of carbonyl (C=O) groups is 3. The highest BCUT2D eigenvalue weighted by molar-refractivity contribution is 5.92. The number of epoxide rings is 1. The van der Waals surface area contributed by atoms with Gasteiger partial charge in [-0.3, -0.25) is 14.9 Å². The number of esters is 2. The molecule has 13 heteroatoms. The topological polar surface area (TPSA) is 181 Å². The third-order valence-corrected chi connectivity index (χ3v) is 19.7. The molecule has 7 heterocycles. The predicted octanol–water partition coefficient (Wildman–Crippen LogP) is 5.00. The van der Waals surface area contributed by atoms with Crippen molar-refractivity contribution in [3.05, 3.63) is 35.9 Å². The van der Waals surface area contributed by atoms with E-state index in [9.17, 15) is 24.9 Å². The van der Waals surface area contributed by atoms with Crippen molar-refractivity contribution >= 4 is 17.7 Å². The molecule has 17 atom stereocenters. The Balaban J connectivity index is 0.954. The Bertz CT molecular complexity index is 2030. The van der Waals surface area contributed by atoms with E-state index < -0.39 is 75.3 Å². The SMILES string of the molecule is CC(C)CC[C@]1(C)O[C@H]2C3(CCCC3)C(=O)OC[C@]23[C@H]2CC[C@@]4(C)[C@H](c5ccoc5C[C@@H]([C@H]5CC[C@H]6[C@H](C=CN7CNC[C@@H]67)C5)[C@H](O)CO)OC(=O)[C@H]5O[C@]54[C@]2(C)[C@H](O)C(=O)[C@@H]31. The van der Waals surface area contributed by atoms with Gasteiger partial charge in [0.15, 0.2) is 11.9 Å². The van der Waals surface area contributed by atoms with Gasteiger partial charge in [-0.05, 0) is 112 Å². The van der Waals surface area contributed by atoms with Crippen LogP contribution in [0.15, 0.2) is 29.0 Å². The summed E-state index contributed by atoms with van der Waals surface area (Å²) in [6, 6.07) is 2.33. The third-order valence-electron chi connectivity index (χ3n) is 19.7. The smallest absolute Gasteiger partial charge is 0.339 e. The summed E-state index contributed by atoms with van der Waals surface area (Å²) in [4.78, 5) is 46.3. The van der Waals surface area contributed by atoms with E-state index in [4.69, 9.17) is 23.4 Å². The fraction of sp³-hybridized carbons (Fsp3) is 0.816. The van der Waals surface area contributed by atoms with E-state index in [1.165, 1.54) is 0 Å². The molecule has 9 fully saturated rings. The van der Waals surface area contributed by atoms with Gasteiger partial charge < -0.3 is 43.6 Å². The van der Waals surface area contributed by atoms with Crippen molar-refractivity contribution in [3.63, 3.8) is 0 Å². The van der Waals surface area contributed by atoms with Gasteiger partial charge in [0.2, 0.25) is 0 Å². The lowest BCUT2D eigenvalue weighted by molar-refractivity contribution is -0.264. The summed E-state index contributed by atoms with van der Waals surface area (Å²) >= 11 is 0. The Morgan fingerprint density at radius 2 is 1.81 bits per heavy atom. The van der Waals surface area contributed by atoms with Crippen LogP contribution in [0.4, 0.5) is 0 Å². The number of cyclic esters (lactones) is 2. The Morgan fingerprint density at radius 1 is 1.02 bits per heavy atom. The van der Waals surface area contributed by atoms with Crippen LogP contribution in [0, 0.1) is 63.1 Å². The van der Waals surface area contributed by atoms with Crippen LogP contribution >= 0.6 is 0 Å². The first-order valence-corrected chi connectivity index (χ1v) is 24.1. The molecule has 0 radical (unpaired) electrons. The van der Waals surface area contributed by atoms with Crippen LogP contribution < -0.4 is 5.32 Å². The fourth-order valence-electron chi connectivity index (χ4n) is 16.8. The summed E-state index contributed by atoms with van der Waals surface area (Å²) in [5.41, 5.74) is -5.48. The number of hydrogen-bond donors (Lipinski definition) is 4. The number of aliphatic hydroxyl groups excluding tert-OH is 3. The van der Waals surface area contributed by atoms with Crippen LogP contribution in [-0.4, -0.2) is 106 Å². The minimum atomic E-state index is -1.47. The molecule has 0 bridgehead atoms. The molecule has 340 valence electrons. The third kappa shape index (κ3) is 5.21. The van der Waals surface area contributed by atoms with Crippen molar-refractivity contribution in [2.45, 2.75) is 159 Å². The maximum atomic E-state index is 15.4. The number of fused-ring (bicyclic) bond motifs is 5. The lowest BCUT2D eigenvalue weighted by Crippen LogP contribution is -2.77. The molecular weight excluding hydrogens is 793 g/mol. The quantitative estimate of drug-likeness (QED) is 0.193. The molecule has 13 nitrogen and oxygen atoms in total. The molecule has 5 saturated heterocycles. The molecule has 4 saturated carbocycles. The van der Waals surface area contributed by atoms with Gasteiger partial charge in [-0.15, -0.1) is 0 Å². The van der Waals surface area contributed by atoms with Crippen LogP contribution in [0.5, 0.6) is 0 Å². The minimum absolute atomic E-state index is 0.0268. The molecule has 1 aromatic heterocycles. The zero-order valence-electron chi connectivity index (χ0n) is 37.2. The van der Waals surface area contributed by atoms with Crippen LogP contribution in [-0.2, 0) is 39.8 Å². The van der Waals surface area contributed by atoms with Gasteiger partial charge in [0.25, 0.3) is 0 Å². The second-order valence-electron chi connectivity index (χ2n) is 22.7. The lowest BCUT2D eigenvalue weighted by Gasteiger charge is -2.67. The molecule has 0 amide bonds. The molecule has 0 unspecified atom stereocenters. The molecule has 4 N–H and O–H groups in total. The van der Waals surface area contributed by atoms with Gasteiger partial charge in [-0.2, -0.15) is 0 Å². The minimum Gasteiger partial charge on any atom is -0.469 e. The van der Waals surface area contributed by atoms with E-state index in [2.05, 4.69) is 43.3 Å². The van der Waals surface area contributed by atoms with Gasteiger partial charge in [0.1, 0.15) is 30.2 Å². The number of nitrogens with zero attached hydrogens (tertiary/aromatic N) is 1. The average Bonchev–Trinajstić information content (AvgIpc) is 3.69.